The molecule has 0 aromatic heterocycles. The van der Waals surface area contributed by atoms with Gasteiger partial charge < -0.3 is 15.2 Å². The highest BCUT2D eigenvalue weighted by molar-refractivity contribution is 5.84. The molecule has 5 nitrogen and oxygen atoms in total. The smallest absolute Gasteiger partial charge is 0.305 e. The van der Waals surface area contributed by atoms with Crippen molar-refractivity contribution in [3.05, 3.63) is 29.8 Å². The number of amides is 1. The molecule has 0 radical (unpaired) electrons. The molecule has 5 rings (SSSR count). The zero-order chi connectivity index (χ0) is 19.7. The SMILES string of the molecule is CCCOc1ccc(C(CC(=O)O)NC(=O)C23CC4CC(CC(C4)C2)C3)cc1. The van der Waals surface area contributed by atoms with E-state index in [1.807, 2.05) is 24.3 Å². The van der Waals surface area contributed by atoms with Gasteiger partial charge in [0.15, 0.2) is 0 Å². The van der Waals surface area contributed by atoms with E-state index in [1.165, 1.54) is 19.3 Å². The first-order valence-electron chi connectivity index (χ1n) is 10.7. The van der Waals surface area contributed by atoms with Crippen LogP contribution in [0, 0.1) is 23.2 Å². The van der Waals surface area contributed by atoms with E-state index in [2.05, 4.69) is 12.2 Å². The fraction of sp³-hybridized carbons (Fsp3) is 0.652. The van der Waals surface area contributed by atoms with Gasteiger partial charge >= 0.3 is 5.97 Å². The number of hydrogen-bond donors (Lipinski definition) is 2. The first kappa shape index (κ1) is 19.3. The van der Waals surface area contributed by atoms with Crippen LogP contribution >= 0.6 is 0 Å². The molecule has 4 bridgehead atoms. The molecule has 1 aromatic rings. The molecule has 4 aliphatic rings. The number of rotatable bonds is 8. The zero-order valence-electron chi connectivity index (χ0n) is 16.7. The minimum Gasteiger partial charge on any atom is -0.494 e. The Morgan fingerprint density at radius 2 is 1.68 bits per heavy atom. The lowest BCUT2D eigenvalue weighted by molar-refractivity contribution is -0.147. The number of benzene rings is 1. The maximum Gasteiger partial charge on any atom is 0.305 e. The molecule has 5 heteroatoms. The quantitative estimate of drug-likeness (QED) is 0.699. The van der Waals surface area contributed by atoms with Gasteiger partial charge in [-0.05, 0) is 80.4 Å². The van der Waals surface area contributed by atoms with Gasteiger partial charge in [-0.3, -0.25) is 9.59 Å². The van der Waals surface area contributed by atoms with Crippen LogP contribution in [0.15, 0.2) is 24.3 Å². The van der Waals surface area contributed by atoms with E-state index in [4.69, 9.17) is 4.74 Å². The van der Waals surface area contributed by atoms with Gasteiger partial charge in [-0.15, -0.1) is 0 Å². The lowest BCUT2D eigenvalue weighted by atomic mass is 9.49. The van der Waals surface area contributed by atoms with Gasteiger partial charge in [-0.2, -0.15) is 0 Å². The third-order valence-electron chi connectivity index (χ3n) is 6.96. The Morgan fingerprint density at radius 1 is 1.11 bits per heavy atom. The van der Waals surface area contributed by atoms with Gasteiger partial charge in [0.25, 0.3) is 0 Å². The van der Waals surface area contributed by atoms with Crippen LogP contribution in [0.25, 0.3) is 0 Å². The van der Waals surface area contributed by atoms with Crippen molar-refractivity contribution in [2.24, 2.45) is 23.2 Å². The average molecular weight is 386 g/mol. The van der Waals surface area contributed by atoms with Gasteiger partial charge in [0.05, 0.1) is 19.1 Å². The summed E-state index contributed by atoms with van der Waals surface area (Å²) in [5, 5.41) is 12.5. The van der Waals surface area contributed by atoms with Crippen LogP contribution in [0.1, 0.15) is 69.9 Å². The number of nitrogens with one attached hydrogen (secondary N) is 1. The first-order valence-corrected chi connectivity index (χ1v) is 10.7. The first-order chi connectivity index (χ1) is 13.5. The molecule has 1 unspecified atom stereocenters. The predicted octanol–water partition coefficient (Wildman–Crippen LogP) is 4.32. The predicted molar refractivity (Wildman–Crippen MR) is 106 cm³/mol. The van der Waals surface area contributed by atoms with E-state index < -0.39 is 12.0 Å². The van der Waals surface area contributed by atoms with E-state index in [0.29, 0.717) is 24.4 Å². The Morgan fingerprint density at radius 3 is 2.18 bits per heavy atom. The summed E-state index contributed by atoms with van der Waals surface area (Å²) in [7, 11) is 0. The van der Waals surface area contributed by atoms with Crippen molar-refractivity contribution >= 4 is 11.9 Å². The van der Waals surface area contributed by atoms with E-state index in [1.54, 1.807) is 0 Å². The zero-order valence-corrected chi connectivity index (χ0v) is 16.7. The minimum absolute atomic E-state index is 0.0733. The van der Waals surface area contributed by atoms with E-state index in [9.17, 15) is 14.7 Å². The normalized spacial score (nSPS) is 31.4. The summed E-state index contributed by atoms with van der Waals surface area (Å²) >= 11 is 0. The van der Waals surface area contributed by atoms with E-state index in [-0.39, 0.29) is 17.7 Å². The summed E-state index contributed by atoms with van der Waals surface area (Å²) in [5.74, 6) is 2.00. The van der Waals surface area contributed by atoms with Crippen LogP contribution < -0.4 is 10.1 Å². The summed E-state index contributed by atoms with van der Waals surface area (Å²) in [5.41, 5.74) is 0.555. The van der Waals surface area contributed by atoms with Crippen molar-refractivity contribution in [3.8, 4) is 5.75 Å². The van der Waals surface area contributed by atoms with Crippen molar-refractivity contribution < 1.29 is 19.4 Å². The van der Waals surface area contributed by atoms with Crippen LogP contribution in [0.4, 0.5) is 0 Å². The monoisotopic (exact) mass is 385 g/mol. The molecule has 1 aromatic carbocycles. The summed E-state index contributed by atoms with van der Waals surface area (Å²) in [6.45, 7) is 2.71. The van der Waals surface area contributed by atoms with Crippen molar-refractivity contribution in [1.29, 1.82) is 0 Å². The molecular weight excluding hydrogens is 354 g/mol. The number of carbonyl (C=O) groups excluding carboxylic acids is 1. The van der Waals surface area contributed by atoms with Crippen molar-refractivity contribution in [3.63, 3.8) is 0 Å². The summed E-state index contributed by atoms with van der Waals surface area (Å²) < 4.78 is 5.61. The largest absolute Gasteiger partial charge is 0.494 e. The minimum atomic E-state index is -0.901. The molecule has 1 atom stereocenters. The van der Waals surface area contributed by atoms with Gasteiger partial charge in [-0.25, -0.2) is 0 Å². The van der Waals surface area contributed by atoms with Gasteiger partial charge in [0, 0.05) is 5.41 Å². The van der Waals surface area contributed by atoms with Crippen LogP contribution in [-0.4, -0.2) is 23.6 Å². The van der Waals surface area contributed by atoms with E-state index in [0.717, 1.165) is 37.0 Å². The molecule has 4 fully saturated rings. The lowest BCUT2D eigenvalue weighted by Gasteiger charge is -2.55. The molecule has 0 heterocycles. The highest BCUT2D eigenvalue weighted by atomic mass is 16.5. The van der Waals surface area contributed by atoms with E-state index >= 15 is 0 Å². The van der Waals surface area contributed by atoms with Gasteiger partial charge in [-0.1, -0.05) is 19.1 Å². The van der Waals surface area contributed by atoms with Crippen molar-refractivity contribution in [2.75, 3.05) is 6.61 Å². The third-order valence-corrected chi connectivity index (χ3v) is 6.96. The fourth-order valence-electron chi connectivity index (χ4n) is 6.14. The highest BCUT2D eigenvalue weighted by Gasteiger charge is 2.54. The van der Waals surface area contributed by atoms with Gasteiger partial charge in [0.1, 0.15) is 5.75 Å². The second-order valence-corrected chi connectivity index (χ2v) is 9.24. The summed E-state index contributed by atoms with van der Waals surface area (Å²) in [6, 6.07) is 6.96. The highest BCUT2D eigenvalue weighted by Crippen LogP contribution is 2.60. The summed E-state index contributed by atoms with van der Waals surface area (Å²) in [6.07, 6.45) is 7.62. The van der Waals surface area contributed by atoms with Crippen LogP contribution in [0.2, 0.25) is 0 Å². The summed E-state index contributed by atoms with van der Waals surface area (Å²) in [4.78, 5) is 24.8. The standard InChI is InChI=1S/C23H31NO4/c1-2-7-28-19-5-3-18(4-6-19)20(11-21(25)26)24-22(27)23-12-15-8-16(13-23)10-17(9-15)14-23/h3-6,15-17,20H,2,7-14H2,1H3,(H,24,27)(H,25,26). The van der Waals surface area contributed by atoms with Crippen molar-refractivity contribution in [1.82, 2.24) is 5.32 Å². The topological polar surface area (TPSA) is 75.6 Å². The second-order valence-electron chi connectivity index (χ2n) is 9.24. The van der Waals surface area contributed by atoms with Gasteiger partial charge in [0.2, 0.25) is 5.91 Å². The number of carbonyl (C=O) groups is 2. The van der Waals surface area contributed by atoms with Crippen LogP contribution in [0.5, 0.6) is 5.75 Å². The average Bonchev–Trinajstić information content (AvgIpc) is 2.65. The number of aliphatic carboxylic acids is 1. The molecule has 4 aliphatic carbocycles. The Bertz CT molecular complexity index is 691. The van der Waals surface area contributed by atoms with Crippen LogP contribution in [0.3, 0.4) is 0 Å². The molecule has 4 saturated carbocycles. The Balaban J connectivity index is 1.49. The maximum absolute atomic E-state index is 13.3. The lowest BCUT2D eigenvalue weighted by Crippen LogP contribution is -2.54. The second kappa shape index (κ2) is 7.76. The Hall–Kier alpha value is -2.04. The number of carboxylic acids is 1. The molecule has 0 spiro atoms. The van der Waals surface area contributed by atoms with Crippen molar-refractivity contribution in [2.45, 2.75) is 64.3 Å². The van der Waals surface area contributed by atoms with Crippen LogP contribution in [-0.2, 0) is 9.59 Å². The number of hydrogen-bond acceptors (Lipinski definition) is 3. The molecule has 0 aliphatic heterocycles. The Kier molecular flexibility index (Phi) is 5.35. The third kappa shape index (κ3) is 3.89. The fourth-order valence-corrected chi connectivity index (χ4v) is 6.14. The molecule has 0 saturated heterocycles. The molecule has 2 N–H and O–H groups in total. The molecule has 1 amide bonds. The number of carboxylic acid groups (broad SMARTS) is 1. The molecular formula is C23H31NO4. The maximum atomic E-state index is 13.3. The number of ether oxygens (including phenoxy) is 1. The molecule has 152 valence electrons. The Labute approximate surface area is 166 Å². The molecule has 28 heavy (non-hydrogen) atoms.